The van der Waals surface area contributed by atoms with Crippen LogP contribution < -0.4 is 10.6 Å². The number of hydrogen-bond acceptors (Lipinski definition) is 3. The molecule has 0 saturated carbocycles. The number of hydrogen-bond donors (Lipinski definition) is 2. The third-order valence-electron chi connectivity index (χ3n) is 0.827. The van der Waals surface area contributed by atoms with Gasteiger partial charge >= 0.3 is 6.03 Å². The summed E-state index contributed by atoms with van der Waals surface area (Å²) in [7, 11) is 0. The predicted molar refractivity (Wildman–Crippen MR) is 26.3 cm³/mol. The van der Waals surface area contributed by atoms with Gasteiger partial charge in [0.2, 0.25) is 11.8 Å². The first-order valence-corrected chi connectivity index (χ1v) is 2.32. The first kappa shape index (κ1) is 5.74. The summed E-state index contributed by atoms with van der Waals surface area (Å²) in [5.41, 5.74) is 0. The zero-order chi connectivity index (χ0) is 6.85. The number of carbonyl (C=O) groups is 3. The third-order valence-corrected chi connectivity index (χ3v) is 0.827. The molecular formula is C4H4N2O3. The molecule has 0 aromatic carbocycles. The zero-order valence-corrected chi connectivity index (χ0v) is 4.43. The Labute approximate surface area is 50.4 Å². The van der Waals surface area contributed by atoms with Gasteiger partial charge in [-0.15, -0.1) is 0 Å². The van der Waals surface area contributed by atoms with Crippen LogP contribution in [0.25, 0.3) is 0 Å². The molecule has 0 aromatic rings. The first-order valence-electron chi connectivity index (χ1n) is 2.32. The molecule has 1 saturated heterocycles. The number of imide groups is 2. The van der Waals surface area contributed by atoms with E-state index in [2.05, 4.69) is 0 Å². The van der Waals surface area contributed by atoms with E-state index in [1.165, 1.54) is 0 Å². The lowest BCUT2D eigenvalue weighted by Gasteiger charge is -2.09. The standard InChI is InChI=1S/C4H4N2O3/c7-2-1-3(8)6-4(9)5-2/h1H2,(H2,5,6,7,8,9)/i1+1. The Hall–Kier alpha value is -1.39. The summed E-state index contributed by atoms with van der Waals surface area (Å²) in [5.74, 6) is -1.10. The highest BCUT2D eigenvalue weighted by atomic mass is 16.2. The van der Waals surface area contributed by atoms with Crippen molar-refractivity contribution in [3.8, 4) is 0 Å². The van der Waals surface area contributed by atoms with Crippen molar-refractivity contribution in [1.82, 2.24) is 10.6 Å². The molecule has 0 unspecified atom stereocenters. The lowest BCUT2D eigenvalue weighted by molar-refractivity contribution is -0.129. The van der Waals surface area contributed by atoms with Crippen LogP contribution in [0.1, 0.15) is 6.42 Å². The van der Waals surface area contributed by atoms with Crippen LogP contribution in [0.4, 0.5) is 4.79 Å². The molecule has 4 amide bonds. The van der Waals surface area contributed by atoms with Crippen molar-refractivity contribution in [3.05, 3.63) is 0 Å². The van der Waals surface area contributed by atoms with Crippen LogP contribution in [0.3, 0.4) is 0 Å². The van der Waals surface area contributed by atoms with Crippen molar-refractivity contribution >= 4 is 17.8 Å². The molecule has 5 nitrogen and oxygen atoms in total. The smallest absolute Gasteiger partial charge is 0.277 e. The van der Waals surface area contributed by atoms with Crippen molar-refractivity contribution in [2.75, 3.05) is 0 Å². The SMILES string of the molecule is O=C1[13CH2]C(=O)NC(=O)N1. The highest BCUT2D eigenvalue weighted by Gasteiger charge is 2.20. The molecule has 9 heavy (non-hydrogen) atoms. The van der Waals surface area contributed by atoms with E-state index in [9.17, 15) is 14.4 Å². The minimum absolute atomic E-state index is 0.258. The Morgan fingerprint density at radius 2 is 1.44 bits per heavy atom. The number of amides is 4. The normalized spacial score (nSPS) is 18.9. The van der Waals surface area contributed by atoms with E-state index in [0.717, 1.165) is 0 Å². The summed E-state index contributed by atoms with van der Waals surface area (Å²) < 4.78 is 0. The highest BCUT2D eigenvalue weighted by Crippen LogP contribution is 1.85. The maximum atomic E-state index is 10.3. The van der Waals surface area contributed by atoms with Crippen LogP contribution in [-0.2, 0) is 9.59 Å². The highest BCUT2D eigenvalue weighted by molar-refractivity contribution is 6.14. The summed E-state index contributed by atoms with van der Waals surface area (Å²) in [6.07, 6.45) is -0.258. The van der Waals surface area contributed by atoms with Gasteiger partial charge in [-0.3, -0.25) is 20.2 Å². The van der Waals surface area contributed by atoms with E-state index in [4.69, 9.17) is 0 Å². The average molecular weight is 129 g/mol. The number of rotatable bonds is 0. The Morgan fingerprint density at radius 1 is 1.00 bits per heavy atom. The van der Waals surface area contributed by atoms with Gasteiger partial charge in [0.25, 0.3) is 0 Å². The van der Waals surface area contributed by atoms with E-state index >= 15 is 0 Å². The molecule has 0 radical (unpaired) electrons. The van der Waals surface area contributed by atoms with E-state index in [1.54, 1.807) is 0 Å². The summed E-state index contributed by atoms with van der Waals surface area (Å²) in [6.45, 7) is 0. The lowest BCUT2D eigenvalue weighted by Crippen LogP contribution is -2.49. The quantitative estimate of drug-likeness (QED) is 0.316. The van der Waals surface area contributed by atoms with Gasteiger partial charge in [-0.1, -0.05) is 0 Å². The first-order chi connectivity index (χ1) is 4.18. The van der Waals surface area contributed by atoms with Gasteiger partial charge in [-0.05, 0) is 0 Å². The van der Waals surface area contributed by atoms with E-state index in [-0.39, 0.29) is 6.42 Å². The van der Waals surface area contributed by atoms with Crippen LogP contribution in [0, 0.1) is 0 Å². The molecular weight excluding hydrogens is 125 g/mol. The van der Waals surface area contributed by atoms with Crippen molar-refractivity contribution in [1.29, 1.82) is 0 Å². The van der Waals surface area contributed by atoms with E-state index in [1.807, 2.05) is 10.6 Å². The molecule has 48 valence electrons. The monoisotopic (exact) mass is 129 g/mol. The maximum absolute atomic E-state index is 10.3. The molecule has 0 aromatic heterocycles. The van der Waals surface area contributed by atoms with Gasteiger partial charge in [0, 0.05) is 0 Å². The van der Waals surface area contributed by atoms with Gasteiger partial charge < -0.3 is 0 Å². The van der Waals surface area contributed by atoms with Crippen LogP contribution in [0.5, 0.6) is 0 Å². The summed E-state index contributed by atoms with van der Waals surface area (Å²) in [6, 6.07) is -0.740. The minimum Gasteiger partial charge on any atom is -0.277 e. The molecule has 1 aliphatic rings. The largest absolute Gasteiger partial charge is 0.328 e. The van der Waals surface area contributed by atoms with Gasteiger partial charge in [0.15, 0.2) is 0 Å². The molecule has 1 fully saturated rings. The maximum Gasteiger partial charge on any atom is 0.328 e. The summed E-state index contributed by atoms with van der Waals surface area (Å²) >= 11 is 0. The van der Waals surface area contributed by atoms with Crippen molar-refractivity contribution < 1.29 is 14.4 Å². The second-order valence-electron chi connectivity index (χ2n) is 1.60. The fraction of sp³-hybridized carbons (Fsp3) is 0.250. The Morgan fingerprint density at radius 3 is 1.78 bits per heavy atom. The molecule has 0 bridgehead atoms. The van der Waals surface area contributed by atoms with Gasteiger partial charge in [-0.2, -0.15) is 0 Å². The molecule has 0 spiro atoms. The summed E-state index contributed by atoms with van der Waals surface area (Å²) in [4.78, 5) is 30.8. The molecule has 5 heteroatoms. The zero-order valence-electron chi connectivity index (χ0n) is 4.43. The van der Waals surface area contributed by atoms with Crippen molar-refractivity contribution in [3.63, 3.8) is 0 Å². The van der Waals surface area contributed by atoms with Crippen LogP contribution in [0.2, 0.25) is 0 Å². The predicted octanol–water partition coefficient (Wildman–Crippen LogP) is -1.26. The topological polar surface area (TPSA) is 75.3 Å². The molecule has 0 aliphatic carbocycles. The Bertz CT molecular complexity index is 141. The third kappa shape index (κ3) is 1.25. The number of barbiturate groups is 1. The van der Waals surface area contributed by atoms with E-state index in [0.29, 0.717) is 0 Å². The molecule has 2 N–H and O–H groups in total. The number of urea groups is 1. The number of nitrogens with one attached hydrogen (secondary N) is 2. The Balaban J connectivity index is 2.64. The van der Waals surface area contributed by atoms with Gasteiger partial charge in [-0.25, -0.2) is 4.79 Å². The number of carbonyl (C=O) groups excluding carboxylic acids is 3. The van der Waals surface area contributed by atoms with Gasteiger partial charge in [0.1, 0.15) is 6.42 Å². The molecule has 1 rings (SSSR count). The van der Waals surface area contributed by atoms with Crippen LogP contribution in [-0.4, -0.2) is 17.8 Å². The molecule has 1 aliphatic heterocycles. The van der Waals surface area contributed by atoms with Gasteiger partial charge in [0.05, 0.1) is 0 Å². The van der Waals surface area contributed by atoms with Crippen LogP contribution >= 0.6 is 0 Å². The van der Waals surface area contributed by atoms with Crippen LogP contribution in [0.15, 0.2) is 0 Å². The van der Waals surface area contributed by atoms with Crippen molar-refractivity contribution in [2.24, 2.45) is 0 Å². The Kier molecular flexibility index (Phi) is 1.18. The molecule has 0 atom stereocenters. The minimum atomic E-state index is -0.740. The fourth-order valence-corrected chi connectivity index (χ4v) is 0.519. The molecule has 1 heterocycles. The fourth-order valence-electron chi connectivity index (χ4n) is 0.519. The van der Waals surface area contributed by atoms with E-state index < -0.39 is 17.8 Å². The second kappa shape index (κ2) is 1.85. The average Bonchev–Trinajstić information content (AvgIpc) is 1.59. The second-order valence-corrected chi connectivity index (χ2v) is 1.60. The van der Waals surface area contributed by atoms with Crippen molar-refractivity contribution in [2.45, 2.75) is 6.42 Å². The lowest BCUT2D eigenvalue weighted by atomic mass is 10.6. The summed E-state index contributed by atoms with van der Waals surface area (Å²) in [5, 5.41) is 3.80.